The van der Waals surface area contributed by atoms with Gasteiger partial charge in [-0.05, 0) is 5.92 Å². The summed E-state index contributed by atoms with van der Waals surface area (Å²) in [4.78, 5) is 11.4. The molecule has 0 unspecified atom stereocenters. The third-order valence-corrected chi connectivity index (χ3v) is 2.89. The van der Waals surface area contributed by atoms with Crippen LogP contribution < -0.4 is 11.2 Å². The molecule has 0 aliphatic rings. The minimum absolute atomic E-state index is 0. The van der Waals surface area contributed by atoms with Crippen LogP contribution in [-0.4, -0.2) is 37.2 Å². The predicted octanol–water partition coefficient (Wildman–Crippen LogP) is -0.157. The highest BCUT2D eigenvalue weighted by molar-refractivity contribution is 5.85. The zero-order valence-electron chi connectivity index (χ0n) is 11.1. The summed E-state index contributed by atoms with van der Waals surface area (Å²) in [6, 6.07) is 1.22. The molecule has 0 aliphatic carbocycles. The van der Waals surface area contributed by atoms with Gasteiger partial charge in [-0.15, -0.1) is 12.4 Å². The summed E-state index contributed by atoms with van der Waals surface area (Å²) in [6.45, 7) is 3.22. The van der Waals surface area contributed by atoms with Gasteiger partial charge in [-0.3, -0.25) is 9.36 Å². The summed E-state index contributed by atoms with van der Waals surface area (Å²) in [7, 11) is 0. The smallest absolute Gasteiger partial charge is 0.225 e. The molecule has 1 rings (SSSR count). The first-order valence-electron chi connectivity index (χ1n) is 5.77. The van der Waals surface area contributed by atoms with E-state index < -0.39 is 18.1 Å². The molecule has 116 valence electrons. The number of aromatic hydroxyl groups is 2. The molecule has 0 saturated heterocycles. The van der Waals surface area contributed by atoms with Crippen molar-refractivity contribution in [2.75, 3.05) is 0 Å². The Bertz CT molecular complexity index is 463. The van der Waals surface area contributed by atoms with Gasteiger partial charge in [0.1, 0.15) is 6.23 Å². The van der Waals surface area contributed by atoms with Crippen molar-refractivity contribution in [1.82, 2.24) is 10.0 Å². The van der Waals surface area contributed by atoms with E-state index in [1.54, 1.807) is 19.3 Å². The van der Waals surface area contributed by atoms with Gasteiger partial charge in [-0.2, -0.15) is 5.48 Å². The van der Waals surface area contributed by atoms with Crippen molar-refractivity contribution in [2.45, 2.75) is 32.5 Å². The summed E-state index contributed by atoms with van der Waals surface area (Å²) in [5, 5.41) is 37.4. The van der Waals surface area contributed by atoms with Gasteiger partial charge in [0.25, 0.3) is 0 Å². The quantitative estimate of drug-likeness (QED) is 0.319. The number of halogens is 1. The second-order valence-corrected chi connectivity index (χ2v) is 4.66. The second kappa shape index (κ2) is 7.34. The van der Waals surface area contributed by atoms with Gasteiger partial charge in [0.15, 0.2) is 11.8 Å². The molecule has 7 N–H and O–H groups in total. The Morgan fingerprint density at radius 1 is 1.45 bits per heavy atom. The SMILES string of the molecule is CC(C)[C@H](C(N)=O)c1cc(O)n(C[C@H](O)NO)c1O.Cl. The van der Waals surface area contributed by atoms with Crippen LogP contribution in [0.3, 0.4) is 0 Å². The molecule has 20 heavy (non-hydrogen) atoms. The molecule has 9 heteroatoms. The van der Waals surface area contributed by atoms with E-state index in [4.69, 9.17) is 10.9 Å². The molecule has 8 nitrogen and oxygen atoms in total. The van der Waals surface area contributed by atoms with Gasteiger partial charge >= 0.3 is 0 Å². The largest absolute Gasteiger partial charge is 0.494 e. The number of primary amides is 1. The number of aliphatic hydroxyl groups excluding tert-OH is 1. The summed E-state index contributed by atoms with van der Waals surface area (Å²) < 4.78 is 0.960. The zero-order valence-corrected chi connectivity index (χ0v) is 12.0. The fraction of sp³-hybridized carbons (Fsp3) is 0.545. The monoisotopic (exact) mass is 309 g/mol. The van der Waals surface area contributed by atoms with E-state index in [1.165, 1.54) is 6.07 Å². The fourth-order valence-corrected chi connectivity index (χ4v) is 2.01. The number of aromatic nitrogens is 1. The molecule has 0 saturated carbocycles. The van der Waals surface area contributed by atoms with Gasteiger partial charge in [-0.25, -0.2) is 0 Å². The van der Waals surface area contributed by atoms with Gasteiger partial charge < -0.3 is 26.3 Å². The molecule has 1 aromatic heterocycles. The van der Waals surface area contributed by atoms with Crippen molar-refractivity contribution >= 4 is 18.3 Å². The van der Waals surface area contributed by atoms with Crippen molar-refractivity contribution in [1.29, 1.82) is 0 Å². The van der Waals surface area contributed by atoms with E-state index in [-0.39, 0.29) is 42.2 Å². The lowest BCUT2D eigenvalue weighted by molar-refractivity contribution is -0.120. The number of hydroxylamine groups is 1. The number of amides is 1. The summed E-state index contributed by atoms with van der Waals surface area (Å²) in [5.74, 6) is -2.26. The van der Waals surface area contributed by atoms with Crippen LogP contribution in [0.5, 0.6) is 11.8 Å². The van der Waals surface area contributed by atoms with Gasteiger partial charge in [-0.1, -0.05) is 13.8 Å². The van der Waals surface area contributed by atoms with Crippen LogP contribution in [0.15, 0.2) is 6.07 Å². The Hall–Kier alpha value is -1.48. The van der Waals surface area contributed by atoms with Crippen molar-refractivity contribution in [3.8, 4) is 11.8 Å². The highest BCUT2D eigenvalue weighted by Crippen LogP contribution is 2.36. The van der Waals surface area contributed by atoms with Crippen LogP contribution >= 0.6 is 12.4 Å². The molecule has 0 spiro atoms. The lowest BCUT2D eigenvalue weighted by atomic mass is 9.89. The Labute approximate surface area is 122 Å². The number of carbonyl (C=O) groups is 1. The Morgan fingerprint density at radius 3 is 2.40 bits per heavy atom. The van der Waals surface area contributed by atoms with Crippen molar-refractivity contribution in [3.05, 3.63) is 11.6 Å². The molecule has 0 radical (unpaired) electrons. The maximum Gasteiger partial charge on any atom is 0.225 e. The van der Waals surface area contributed by atoms with Gasteiger partial charge in [0.2, 0.25) is 5.91 Å². The fourth-order valence-electron chi connectivity index (χ4n) is 2.01. The number of carbonyl (C=O) groups excluding carboxylic acids is 1. The summed E-state index contributed by atoms with van der Waals surface area (Å²) >= 11 is 0. The van der Waals surface area contributed by atoms with E-state index in [9.17, 15) is 20.1 Å². The molecular weight excluding hydrogens is 290 g/mol. The standard InChI is InChI=1S/C11H19N3O5.ClH/c1-5(2)9(10(12)17)6-3-8(16)14(11(6)18)4-7(15)13-19;/h3,5,7,9,13,15-16,18-19H,4H2,1-2H3,(H2,12,17);1H/t7-,9-;/m0./s1. The highest BCUT2D eigenvalue weighted by Gasteiger charge is 2.29. The molecule has 0 aromatic carbocycles. The molecule has 1 aromatic rings. The lowest BCUT2D eigenvalue weighted by Gasteiger charge is -2.17. The maximum absolute atomic E-state index is 11.4. The number of nitrogens with two attached hydrogens (primary N) is 1. The van der Waals surface area contributed by atoms with Crippen LogP contribution in [0.4, 0.5) is 0 Å². The van der Waals surface area contributed by atoms with E-state index in [1.807, 2.05) is 0 Å². The Kier molecular flexibility index (Phi) is 6.80. The number of hydrogen-bond acceptors (Lipinski definition) is 6. The van der Waals surface area contributed by atoms with Crippen LogP contribution in [0.25, 0.3) is 0 Å². The van der Waals surface area contributed by atoms with E-state index in [2.05, 4.69) is 0 Å². The third-order valence-electron chi connectivity index (χ3n) is 2.89. The van der Waals surface area contributed by atoms with Crippen LogP contribution in [0.2, 0.25) is 0 Å². The van der Waals surface area contributed by atoms with Gasteiger partial charge in [0, 0.05) is 11.6 Å². The molecule has 0 aliphatic heterocycles. The molecular formula is C11H20ClN3O5. The van der Waals surface area contributed by atoms with Gasteiger partial charge in [0.05, 0.1) is 12.5 Å². The number of hydrogen-bond donors (Lipinski definition) is 6. The number of nitrogens with one attached hydrogen (secondary N) is 1. The predicted molar refractivity (Wildman–Crippen MR) is 72.7 cm³/mol. The number of nitrogens with zero attached hydrogens (tertiary/aromatic N) is 1. The third kappa shape index (κ3) is 3.76. The average Bonchev–Trinajstić information content (AvgIpc) is 2.56. The molecule has 0 bridgehead atoms. The topological polar surface area (TPSA) is 141 Å². The van der Waals surface area contributed by atoms with Crippen molar-refractivity contribution in [3.63, 3.8) is 0 Å². The Morgan fingerprint density at radius 2 is 2.00 bits per heavy atom. The lowest BCUT2D eigenvalue weighted by Crippen LogP contribution is -2.30. The molecule has 0 fully saturated rings. The first-order chi connectivity index (χ1) is 8.79. The molecule has 1 heterocycles. The second-order valence-electron chi connectivity index (χ2n) is 4.66. The first-order valence-corrected chi connectivity index (χ1v) is 5.77. The summed E-state index contributed by atoms with van der Waals surface area (Å²) in [5.41, 5.74) is 7.04. The maximum atomic E-state index is 11.4. The van der Waals surface area contributed by atoms with E-state index in [0.717, 1.165) is 4.57 Å². The van der Waals surface area contributed by atoms with E-state index in [0.29, 0.717) is 0 Å². The van der Waals surface area contributed by atoms with Crippen molar-refractivity contribution < 1.29 is 25.3 Å². The van der Waals surface area contributed by atoms with E-state index >= 15 is 0 Å². The molecule has 2 atom stereocenters. The minimum atomic E-state index is -1.37. The number of rotatable bonds is 6. The molecule has 1 amide bonds. The zero-order chi connectivity index (χ0) is 14.7. The van der Waals surface area contributed by atoms with Crippen LogP contribution in [0.1, 0.15) is 25.3 Å². The van der Waals surface area contributed by atoms with Crippen molar-refractivity contribution in [2.24, 2.45) is 11.7 Å². The minimum Gasteiger partial charge on any atom is -0.494 e. The number of aliphatic hydroxyl groups is 1. The first kappa shape index (κ1) is 18.5. The highest BCUT2D eigenvalue weighted by atomic mass is 35.5. The Balaban J connectivity index is 0.00000361. The average molecular weight is 310 g/mol. The summed E-state index contributed by atoms with van der Waals surface area (Å²) in [6.07, 6.45) is -1.37. The van der Waals surface area contributed by atoms with Crippen LogP contribution in [-0.2, 0) is 11.3 Å². The van der Waals surface area contributed by atoms with Crippen LogP contribution in [0, 0.1) is 5.92 Å². The normalized spacial score (nSPS) is 13.8.